The second-order valence-electron chi connectivity index (χ2n) is 6.50. The van der Waals surface area contributed by atoms with Crippen molar-refractivity contribution >= 4 is 17.0 Å². The molecule has 1 unspecified atom stereocenters. The predicted octanol–water partition coefficient (Wildman–Crippen LogP) is 4.37. The molecule has 2 fully saturated rings. The van der Waals surface area contributed by atoms with Crippen LogP contribution in [0.3, 0.4) is 0 Å². The third-order valence-corrected chi connectivity index (χ3v) is 5.79. The van der Waals surface area contributed by atoms with Crippen LogP contribution in [0.2, 0.25) is 0 Å². The Morgan fingerprint density at radius 1 is 1.38 bits per heavy atom. The Morgan fingerprint density at radius 2 is 2.19 bits per heavy atom. The van der Waals surface area contributed by atoms with Crippen molar-refractivity contribution in [3.8, 4) is 0 Å². The van der Waals surface area contributed by atoms with Crippen LogP contribution in [0, 0.1) is 16.7 Å². The maximum atomic E-state index is 3.79. The average molecular weight is 235 g/mol. The van der Waals surface area contributed by atoms with E-state index in [-0.39, 0.29) is 0 Å². The van der Waals surface area contributed by atoms with Crippen LogP contribution >= 0.6 is 11.3 Å². The lowest BCUT2D eigenvalue weighted by Gasteiger charge is -2.43. The number of anilines is 1. The highest BCUT2D eigenvalue weighted by Crippen LogP contribution is 2.63. The van der Waals surface area contributed by atoms with Gasteiger partial charge in [0.1, 0.15) is 0 Å². The summed E-state index contributed by atoms with van der Waals surface area (Å²) < 4.78 is 0. The van der Waals surface area contributed by atoms with Crippen molar-refractivity contribution in [1.29, 1.82) is 0 Å². The van der Waals surface area contributed by atoms with E-state index in [9.17, 15) is 0 Å². The van der Waals surface area contributed by atoms with Gasteiger partial charge in [-0.15, -0.1) is 0 Å². The fourth-order valence-corrected chi connectivity index (χ4v) is 4.77. The lowest BCUT2D eigenvalue weighted by Crippen LogP contribution is -2.45. The summed E-state index contributed by atoms with van der Waals surface area (Å²) >= 11 is 1.78. The molecule has 1 heterocycles. The van der Waals surface area contributed by atoms with Gasteiger partial charge in [-0.1, -0.05) is 20.8 Å². The number of hydrogen-bond donors (Lipinski definition) is 1. The van der Waals surface area contributed by atoms with E-state index < -0.39 is 0 Å². The second-order valence-corrected chi connectivity index (χ2v) is 7.28. The Morgan fingerprint density at radius 3 is 2.75 bits per heavy atom. The van der Waals surface area contributed by atoms with Crippen molar-refractivity contribution in [2.24, 2.45) is 16.7 Å². The van der Waals surface area contributed by atoms with Gasteiger partial charge in [0.05, 0.1) is 0 Å². The SMILES string of the molecule is CC1(C)C(Nc2ccsc2)[C@]2(C)CC[C@H]1C2. The zero-order valence-corrected chi connectivity index (χ0v) is 11.2. The van der Waals surface area contributed by atoms with Crippen molar-refractivity contribution in [3.05, 3.63) is 16.8 Å². The molecule has 2 aliphatic rings. The highest BCUT2D eigenvalue weighted by atomic mass is 32.1. The number of fused-ring (bicyclic) bond motifs is 2. The van der Waals surface area contributed by atoms with E-state index in [2.05, 4.69) is 42.9 Å². The van der Waals surface area contributed by atoms with Crippen LogP contribution in [-0.2, 0) is 0 Å². The Kier molecular flexibility index (Phi) is 2.16. The van der Waals surface area contributed by atoms with Crippen molar-refractivity contribution in [2.45, 2.75) is 46.1 Å². The van der Waals surface area contributed by atoms with Crippen molar-refractivity contribution in [3.63, 3.8) is 0 Å². The summed E-state index contributed by atoms with van der Waals surface area (Å²) in [6.07, 6.45) is 4.26. The average Bonchev–Trinajstić information content (AvgIpc) is 2.85. The lowest BCUT2D eigenvalue weighted by molar-refractivity contribution is 0.155. The summed E-state index contributed by atoms with van der Waals surface area (Å²) in [5.74, 6) is 0.925. The molecule has 3 atom stereocenters. The summed E-state index contributed by atoms with van der Waals surface area (Å²) in [5.41, 5.74) is 2.29. The summed E-state index contributed by atoms with van der Waals surface area (Å²) in [4.78, 5) is 0. The van der Waals surface area contributed by atoms with Crippen LogP contribution < -0.4 is 5.32 Å². The molecular weight excluding hydrogens is 214 g/mol. The zero-order chi connectivity index (χ0) is 11.4. The minimum absolute atomic E-state index is 0.453. The van der Waals surface area contributed by atoms with E-state index in [0.29, 0.717) is 16.9 Å². The van der Waals surface area contributed by atoms with E-state index in [1.165, 1.54) is 24.9 Å². The fraction of sp³-hybridized carbons (Fsp3) is 0.714. The highest BCUT2D eigenvalue weighted by Gasteiger charge is 2.59. The van der Waals surface area contributed by atoms with Gasteiger partial charge < -0.3 is 5.32 Å². The largest absolute Gasteiger partial charge is 0.381 e. The third kappa shape index (κ3) is 1.35. The van der Waals surface area contributed by atoms with Gasteiger partial charge in [-0.25, -0.2) is 0 Å². The van der Waals surface area contributed by atoms with Crippen LogP contribution in [0.25, 0.3) is 0 Å². The van der Waals surface area contributed by atoms with Crippen molar-refractivity contribution in [1.82, 2.24) is 0 Å². The molecule has 2 aliphatic carbocycles. The van der Waals surface area contributed by atoms with Crippen LogP contribution in [0.5, 0.6) is 0 Å². The Labute approximate surface area is 102 Å². The molecule has 1 nitrogen and oxygen atoms in total. The highest BCUT2D eigenvalue weighted by molar-refractivity contribution is 7.08. The molecule has 3 rings (SSSR count). The first-order valence-electron chi connectivity index (χ1n) is 6.31. The molecule has 2 saturated carbocycles. The maximum Gasteiger partial charge on any atom is 0.0451 e. The van der Waals surface area contributed by atoms with Gasteiger partial charge in [-0.2, -0.15) is 11.3 Å². The van der Waals surface area contributed by atoms with Crippen LogP contribution in [0.1, 0.15) is 40.0 Å². The fourth-order valence-electron chi connectivity index (χ4n) is 4.18. The number of nitrogens with one attached hydrogen (secondary N) is 1. The lowest BCUT2D eigenvalue weighted by atomic mass is 9.68. The molecule has 2 heteroatoms. The van der Waals surface area contributed by atoms with Crippen LogP contribution in [-0.4, -0.2) is 6.04 Å². The molecule has 0 aliphatic heterocycles. The number of hydrogen-bond acceptors (Lipinski definition) is 2. The number of rotatable bonds is 2. The maximum absolute atomic E-state index is 3.79. The molecule has 0 aromatic carbocycles. The van der Waals surface area contributed by atoms with E-state index >= 15 is 0 Å². The first kappa shape index (κ1) is 10.6. The molecule has 1 aromatic rings. The van der Waals surface area contributed by atoms with Gasteiger partial charge in [0, 0.05) is 17.1 Å². The van der Waals surface area contributed by atoms with Crippen molar-refractivity contribution < 1.29 is 0 Å². The van der Waals surface area contributed by atoms with E-state index in [1.807, 2.05) is 0 Å². The predicted molar refractivity (Wildman–Crippen MR) is 71.0 cm³/mol. The Hall–Kier alpha value is -0.500. The molecule has 16 heavy (non-hydrogen) atoms. The normalized spacial score (nSPS) is 40.2. The summed E-state index contributed by atoms with van der Waals surface area (Å²) in [6, 6.07) is 2.85. The van der Waals surface area contributed by atoms with Gasteiger partial charge in [0.2, 0.25) is 0 Å². The van der Waals surface area contributed by atoms with Gasteiger partial charge in [-0.05, 0) is 47.5 Å². The Balaban J connectivity index is 1.88. The van der Waals surface area contributed by atoms with Crippen molar-refractivity contribution in [2.75, 3.05) is 5.32 Å². The third-order valence-electron chi connectivity index (χ3n) is 5.10. The quantitative estimate of drug-likeness (QED) is 0.802. The molecule has 2 bridgehead atoms. The Bertz CT molecular complexity index is 377. The van der Waals surface area contributed by atoms with Gasteiger partial charge >= 0.3 is 0 Å². The van der Waals surface area contributed by atoms with E-state index in [1.54, 1.807) is 11.3 Å². The minimum atomic E-state index is 0.453. The summed E-state index contributed by atoms with van der Waals surface area (Å²) in [6.45, 7) is 7.38. The molecular formula is C14H21NS. The molecule has 88 valence electrons. The first-order valence-corrected chi connectivity index (χ1v) is 7.25. The van der Waals surface area contributed by atoms with Gasteiger partial charge in [0.15, 0.2) is 0 Å². The molecule has 1 aromatic heterocycles. The van der Waals surface area contributed by atoms with Gasteiger partial charge in [0.25, 0.3) is 0 Å². The zero-order valence-electron chi connectivity index (χ0n) is 10.4. The van der Waals surface area contributed by atoms with Gasteiger partial charge in [-0.3, -0.25) is 0 Å². The molecule has 0 amide bonds. The summed E-state index contributed by atoms with van der Waals surface area (Å²) in [7, 11) is 0. The monoisotopic (exact) mass is 235 g/mol. The molecule has 1 N–H and O–H groups in total. The van der Waals surface area contributed by atoms with Crippen LogP contribution in [0.4, 0.5) is 5.69 Å². The smallest absolute Gasteiger partial charge is 0.0451 e. The number of thiophene rings is 1. The molecule has 0 radical (unpaired) electrons. The second kappa shape index (κ2) is 3.25. The minimum Gasteiger partial charge on any atom is -0.381 e. The van der Waals surface area contributed by atoms with Crippen LogP contribution in [0.15, 0.2) is 16.8 Å². The first-order chi connectivity index (χ1) is 7.52. The summed E-state index contributed by atoms with van der Waals surface area (Å²) in [5, 5.41) is 8.18. The topological polar surface area (TPSA) is 12.0 Å². The van der Waals surface area contributed by atoms with E-state index in [0.717, 1.165) is 5.92 Å². The van der Waals surface area contributed by atoms with E-state index in [4.69, 9.17) is 0 Å². The standard InChI is InChI=1S/C14H21NS/c1-13(2)10-4-6-14(3,8-10)12(13)15-11-5-7-16-9-11/h5,7,9-10,12,15H,4,6,8H2,1-3H3/t10-,12?,14+/m0/s1. The molecule has 0 saturated heterocycles. The molecule has 0 spiro atoms.